The molecular weight excluding hydrogens is 240 g/mol. The predicted molar refractivity (Wildman–Crippen MR) is 75.8 cm³/mol. The molecule has 0 saturated carbocycles. The van der Waals surface area contributed by atoms with Gasteiger partial charge in [-0.1, -0.05) is 30.9 Å². The Kier molecular flexibility index (Phi) is 5.48. The van der Waals surface area contributed by atoms with Crippen molar-refractivity contribution in [1.82, 2.24) is 0 Å². The molecule has 0 amide bonds. The second kappa shape index (κ2) is 7.11. The van der Waals surface area contributed by atoms with Crippen molar-refractivity contribution >= 4 is 17.8 Å². The van der Waals surface area contributed by atoms with Gasteiger partial charge in [0.15, 0.2) is 0 Å². The highest BCUT2D eigenvalue weighted by Crippen LogP contribution is 2.18. The summed E-state index contributed by atoms with van der Waals surface area (Å²) in [7, 11) is 1.34. The van der Waals surface area contributed by atoms with Crippen molar-refractivity contribution in [2.75, 3.05) is 7.11 Å². The van der Waals surface area contributed by atoms with Gasteiger partial charge in [-0.2, -0.15) is 0 Å². The summed E-state index contributed by atoms with van der Waals surface area (Å²) in [5, 5.41) is 0. The Labute approximate surface area is 112 Å². The Bertz CT molecular complexity index is 534. The van der Waals surface area contributed by atoms with E-state index in [0.29, 0.717) is 11.1 Å². The Morgan fingerprint density at radius 2 is 1.79 bits per heavy atom. The van der Waals surface area contributed by atoms with Crippen molar-refractivity contribution in [3.63, 3.8) is 0 Å². The van der Waals surface area contributed by atoms with Gasteiger partial charge in [0.1, 0.15) is 6.29 Å². The maximum Gasteiger partial charge on any atom is 0.337 e. The summed E-state index contributed by atoms with van der Waals surface area (Å²) >= 11 is 0. The second-order valence-electron chi connectivity index (χ2n) is 3.93. The number of carbonyl (C=O) groups excluding carboxylic acids is 2. The quantitative estimate of drug-likeness (QED) is 0.352. The highest BCUT2D eigenvalue weighted by molar-refractivity contribution is 5.90. The van der Waals surface area contributed by atoms with Crippen molar-refractivity contribution in [2.45, 2.75) is 6.92 Å². The maximum absolute atomic E-state index is 11.3. The van der Waals surface area contributed by atoms with Crippen LogP contribution in [0.25, 0.3) is 5.57 Å². The first-order valence-electron chi connectivity index (χ1n) is 5.77. The van der Waals surface area contributed by atoms with Crippen molar-refractivity contribution in [2.24, 2.45) is 0 Å². The SMILES string of the molecule is C=C/C=C(\C=C(/C)C=O)c1ccc(C(=O)OC)cc1. The normalized spacial score (nSPS) is 11.9. The van der Waals surface area contributed by atoms with Gasteiger partial charge in [0.05, 0.1) is 12.7 Å². The molecule has 19 heavy (non-hydrogen) atoms. The predicted octanol–water partition coefficient (Wildman–Crippen LogP) is 3.19. The minimum absolute atomic E-state index is 0.375. The highest BCUT2D eigenvalue weighted by atomic mass is 16.5. The molecule has 0 saturated heterocycles. The summed E-state index contributed by atoms with van der Waals surface area (Å²) < 4.78 is 4.64. The molecule has 0 N–H and O–H groups in total. The molecule has 0 aliphatic rings. The zero-order valence-corrected chi connectivity index (χ0v) is 11.1. The Hall–Kier alpha value is -2.42. The zero-order chi connectivity index (χ0) is 14.3. The third-order valence-corrected chi connectivity index (χ3v) is 2.51. The number of ether oxygens (including phenoxy) is 1. The van der Waals surface area contributed by atoms with E-state index >= 15 is 0 Å². The van der Waals surface area contributed by atoms with E-state index in [1.54, 1.807) is 49.4 Å². The summed E-state index contributed by atoms with van der Waals surface area (Å²) in [6.45, 7) is 5.38. The van der Waals surface area contributed by atoms with E-state index in [4.69, 9.17) is 0 Å². The first kappa shape index (κ1) is 14.6. The average Bonchev–Trinajstić information content (AvgIpc) is 2.46. The van der Waals surface area contributed by atoms with Crippen LogP contribution >= 0.6 is 0 Å². The smallest absolute Gasteiger partial charge is 0.337 e. The lowest BCUT2D eigenvalue weighted by atomic mass is 10.0. The van der Waals surface area contributed by atoms with Gasteiger partial charge < -0.3 is 4.74 Å². The van der Waals surface area contributed by atoms with Crippen molar-refractivity contribution in [1.29, 1.82) is 0 Å². The van der Waals surface area contributed by atoms with Crippen molar-refractivity contribution in [3.05, 3.63) is 65.8 Å². The van der Waals surface area contributed by atoms with Crippen LogP contribution in [0.15, 0.2) is 54.6 Å². The van der Waals surface area contributed by atoms with E-state index in [2.05, 4.69) is 11.3 Å². The molecule has 0 bridgehead atoms. The number of hydrogen-bond donors (Lipinski definition) is 0. The van der Waals surface area contributed by atoms with E-state index in [9.17, 15) is 9.59 Å². The van der Waals surface area contributed by atoms with Crippen LogP contribution in [0.4, 0.5) is 0 Å². The Morgan fingerprint density at radius 1 is 1.21 bits per heavy atom. The molecule has 3 heteroatoms. The van der Waals surface area contributed by atoms with Gasteiger partial charge in [0.2, 0.25) is 0 Å². The lowest BCUT2D eigenvalue weighted by Crippen LogP contribution is -2.00. The van der Waals surface area contributed by atoms with Gasteiger partial charge in [0, 0.05) is 0 Å². The molecule has 98 valence electrons. The number of hydrogen-bond acceptors (Lipinski definition) is 3. The molecule has 0 heterocycles. The minimum Gasteiger partial charge on any atom is -0.465 e. The van der Waals surface area contributed by atoms with Gasteiger partial charge in [-0.15, -0.1) is 0 Å². The molecular formula is C16H16O3. The van der Waals surface area contributed by atoms with E-state index < -0.39 is 0 Å². The number of esters is 1. The topological polar surface area (TPSA) is 43.4 Å². The van der Waals surface area contributed by atoms with Crippen LogP contribution in [0.2, 0.25) is 0 Å². The number of carbonyl (C=O) groups is 2. The molecule has 0 aliphatic carbocycles. The summed E-state index contributed by atoms with van der Waals surface area (Å²) in [6, 6.07) is 6.97. The standard InChI is InChI=1S/C16H16O3/c1-4-5-15(10-12(2)11-17)13-6-8-14(9-7-13)16(18)19-3/h4-11H,1H2,2-3H3/b12-10+,15-5+. The van der Waals surface area contributed by atoms with Gasteiger partial charge in [-0.25, -0.2) is 4.79 Å². The fraction of sp³-hybridized carbons (Fsp3) is 0.125. The Morgan fingerprint density at radius 3 is 2.26 bits per heavy atom. The largest absolute Gasteiger partial charge is 0.465 e. The zero-order valence-electron chi connectivity index (χ0n) is 11.1. The van der Waals surface area contributed by atoms with Gasteiger partial charge in [-0.3, -0.25) is 4.79 Å². The van der Waals surface area contributed by atoms with E-state index in [1.807, 2.05) is 0 Å². The van der Waals surface area contributed by atoms with Crippen LogP contribution in [0.3, 0.4) is 0 Å². The molecule has 0 aliphatic heterocycles. The van der Waals surface area contributed by atoms with Crippen LogP contribution in [-0.2, 0) is 9.53 Å². The number of allylic oxidation sites excluding steroid dienone is 5. The molecule has 1 rings (SSSR count). The third kappa shape index (κ3) is 4.07. The van der Waals surface area contributed by atoms with Crippen LogP contribution in [0, 0.1) is 0 Å². The fourth-order valence-corrected chi connectivity index (χ4v) is 1.55. The highest BCUT2D eigenvalue weighted by Gasteiger charge is 2.05. The summed E-state index contributed by atoms with van der Waals surface area (Å²) in [4.78, 5) is 22.0. The maximum atomic E-state index is 11.3. The average molecular weight is 256 g/mol. The molecule has 1 aromatic carbocycles. The molecule has 0 aromatic heterocycles. The van der Waals surface area contributed by atoms with Crippen LogP contribution in [-0.4, -0.2) is 19.4 Å². The van der Waals surface area contributed by atoms with Gasteiger partial charge >= 0.3 is 5.97 Å². The molecule has 0 unspecified atom stereocenters. The number of rotatable bonds is 5. The third-order valence-electron chi connectivity index (χ3n) is 2.51. The van der Waals surface area contributed by atoms with Crippen LogP contribution in [0.1, 0.15) is 22.8 Å². The first-order valence-corrected chi connectivity index (χ1v) is 5.77. The first-order chi connectivity index (χ1) is 9.12. The minimum atomic E-state index is -0.375. The fourth-order valence-electron chi connectivity index (χ4n) is 1.55. The van der Waals surface area contributed by atoms with Crippen molar-refractivity contribution < 1.29 is 14.3 Å². The summed E-state index contributed by atoms with van der Waals surface area (Å²) in [5.41, 5.74) is 2.86. The molecule has 3 nitrogen and oxygen atoms in total. The van der Waals surface area contributed by atoms with Gasteiger partial charge in [-0.05, 0) is 41.8 Å². The number of aldehydes is 1. The number of methoxy groups -OCH3 is 1. The summed E-state index contributed by atoms with van der Waals surface area (Å²) in [6.07, 6.45) is 6.01. The lowest BCUT2D eigenvalue weighted by molar-refractivity contribution is -0.104. The molecule has 0 spiro atoms. The second-order valence-corrected chi connectivity index (χ2v) is 3.93. The van der Waals surface area contributed by atoms with E-state index in [0.717, 1.165) is 17.4 Å². The summed E-state index contributed by atoms with van der Waals surface area (Å²) in [5.74, 6) is -0.375. The van der Waals surface area contributed by atoms with E-state index in [1.165, 1.54) is 7.11 Å². The lowest BCUT2D eigenvalue weighted by Gasteiger charge is -2.04. The van der Waals surface area contributed by atoms with Crippen LogP contribution in [0.5, 0.6) is 0 Å². The molecule has 1 aromatic rings. The van der Waals surface area contributed by atoms with Gasteiger partial charge in [0.25, 0.3) is 0 Å². The van der Waals surface area contributed by atoms with Crippen molar-refractivity contribution in [3.8, 4) is 0 Å². The monoisotopic (exact) mass is 256 g/mol. The van der Waals surface area contributed by atoms with Crippen LogP contribution < -0.4 is 0 Å². The number of benzene rings is 1. The Balaban J connectivity index is 3.12. The molecule has 0 fully saturated rings. The van der Waals surface area contributed by atoms with E-state index in [-0.39, 0.29) is 5.97 Å². The molecule has 0 atom stereocenters. The molecule has 0 radical (unpaired) electrons.